The van der Waals surface area contributed by atoms with Crippen molar-refractivity contribution >= 4 is 40.4 Å². The number of piperazine rings is 1. The zero-order chi connectivity index (χ0) is 32.9. The Morgan fingerprint density at radius 2 is 1.79 bits per heavy atom. The van der Waals surface area contributed by atoms with Crippen LogP contribution in [0.5, 0.6) is 5.75 Å². The van der Waals surface area contributed by atoms with Crippen LogP contribution in [0.2, 0.25) is 0 Å². The van der Waals surface area contributed by atoms with Crippen LogP contribution in [0.3, 0.4) is 0 Å². The van der Waals surface area contributed by atoms with Crippen molar-refractivity contribution in [2.24, 2.45) is 7.05 Å². The molecule has 0 atom stereocenters. The maximum atomic E-state index is 13.7. The number of hydrogen-bond donors (Lipinski definition) is 3. The van der Waals surface area contributed by atoms with Gasteiger partial charge in [-0.2, -0.15) is 0 Å². The quantitative estimate of drug-likeness (QED) is 0.233. The first kappa shape index (κ1) is 31.2. The number of aliphatic hydroxyl groups is 1. The van der Waals surface area contributed by atoms with E-state index in [1.807, 2.05) is 37.3 Å². The predicted molar refractivity (Wildman–Crippen MR) is 185 cm³/mol. The molecule has 1 saturated heterocycles. The van der Waals surface area contributed by atoms with Gasteiger partial charge in [0, 0.05) is 69.2 Å². The largest absolute Gasteiger partial charge is 0.505 e. The number of fused-ring (bicyclic) bond motifs is 1. The average Bonchev–Trinajstić information content (AvgIpc) is 3.83. The highest BCUT2D eigenvalue weighted by molar-refractivity contribution is 6.26. The van der Waals surface area contributed by atoms with Crippen LogP contribution < -0.4 is 20.7 Å². The fraction of sp³-hybridized carbons (Fsp3) is 0.361. The van der Waals surface area contributed by atoms with Gasteiger partial charge >= 0.3 is 0 Å². The molecule has 0 bridgehead atoms. The number of phenolic OH excluding ortho intramolecular Hbond substituents is 1. The number of benzene rings is 2. The number of aryl methyl sites for hydroxylation is 2. The first-order valence-corrected chi connectivity index (χ1v) is 16.5. The van der Waals surface area contributed by atoms with Crippen molar-refractivity contribution in [1.82, 2.24) is 14.5 Å². The predicted octanol–water partition coefficient (Wildman–Crippen LogP) is 4.75. The van der Waals surface area contributed by atoms with Crippen LogP contribution in [0.4, 0.5) is 22.9 Å². The number of halogens is 1. The van der Waals surface area contributed by atoms with E-state index in [0.717, 1.165) is 61.4 Å². The molecule has 2 aliphatic heterocycles. The highest BCUT2D eigenvalue weighted by atomic mass is 35.5. The molecule has 3 N–H and O–H groups in total. The highest BCUT2D eigenvalue weighted by Gasteiger charge is 2.43. The Morgan fingerprint density at radius 1 is 1.00 bits per heavy atom. The van der Waals surface area contributed by atoms with Gasteiger partial charge in [0.2, 0.25) is 0 Å². The van der Waals surface area contributed by atoms with E-state index in [9.17, 15) is 19.8 Å². The molecule has 1 saturated carbocycles. The number of β-amino-alcohol motifs (C(OH)–C–C–N with tert-alkyl or cyclic N) is 1. The van der Waals surface area contributed by atoms with E-state index in [4.69, 9.17) is 11.6 Å². The molecule has 0 radical (unpaired) electrons. The van der Waals surface area contributed by atoms with Crippen molar-refractivity contribution in [3.05, 3.63) is 93.5 Å². The van der Waals surface area contributed by atoms with Crippen LogP contribution in [-0.4, -0.2) is 76.4 Å². The number of anilines is 4. The molecule has 4 aromatic rings. The summed E-state index contributed by atoms with van der Waals surface area (Å²) in [5.74, 6) is 0.355. The summed E-state index contributed by atoms with van der Waals surface area (Å²) in [6.45, 7) is 6.64. The van der Waals surface area contributed by atoms with Gasteiger partial charge in [0.05, 0.1) is 29.1 Å². The lowest BCUT2D eigenvalue weighted by atomic mass is 9.93. The number of phenols is 1. The average molecular weight is 655 g/mol. The van der Waals surface area contributed by atoms with Crippen molar-refractivity contribution in [2.75, 3.05) is 61.0 Å². The van der Waals surface area contributed by atoms with Gasteiger partial charge < -0.3 is 29.9 Å². The van der Waals surface area contributed by atoms with Gasteiger partial charge in [-0.3, -0.25) is 14.5 Å². The number of nitrogens with zero attached hydrogens (tertiary/aromatic N) is 5. The Hall–Kier alpha value is -4.38. The number of alkyl halides is 1. The van der Waals surface area contributed by atoms with Crippen molar-refractivity contribution < 1.29 is 15.0 Å². The van der Waals surface area contributed by atoms with Crippen LogP contribution in [0.15, 0.2) is 65.7 Å². The summed E-state index contributed by atoms with van der Waals surface area (Å²) in [7, 11) is 1.67. The lowest BCUT2D eigenvalue weighted by Crippen LogP contribution is -2.47. The zero-order valence-corrected chi connectivity index (χ0v) is 27.4. The van der Waals surface area contributed by atoms with E-state index in [2.05, 4.69) is 26.2 Å². The zero-order valence-electron chi connectivity index (χ0n) is 26.7. The van der Waals surface area contributed by atoms with Crippen molar-refractivity contribution in [3.63, 3.8) is 0 Å². The maximum absolute atomic E-state index is 13.7. The van der Waals surface area contributed by atoms with E-state index in [-0.39, 0.29) is 28.7 Å². The van der Waals surface area contributed by atoms with E-state index in [1.54, 1.807) is 36.5 Å². The number of pyridine rings is 2. The lowest BCUT2D eigenvalue weighted by molar-refractivity contribution is 0.0980. The first-order valence-electron chi connectivity index (χ1n) is 16.1. The SMILES string of the molecule is Cc1ccc(N2CCc3cc(C4(Cl)CC4)ccc3C2=O)c(O)c1-c1cc(Nc2ccc(N3CCN(CCO)CC3)cn2)c(=O)n(C)c1. The molecule has 1 aliphatic carbocycles. The second kappa shape index (κ2) is 12.3. The molecule has 244 valence electrons. The summed E-state index contributed by atoms with van der Waals surface area (Å²) in [5.41, 5.74) is 6.18. The highest BCUT2D eigenvalue weighted by Crippen LogP contribution is 2.52. The fourth-order valence-electron chi connectivity index (χ4n) is 6.75. The summed E-state index contributed by atoms with van der Waals surface area (Å²) in [6, 6.07) is 15.1. The fourth-order valence-corrected chi connectivity index (χ4v) is 6.96. The number of amides is 1. The Morgan fingerprint density at radius 3 is 2.49 bits per heavy atom. The van der Waals surface area contributed by atoms with E-state index in [1.165, 1.54) is 4.57 Å². The summed E-state index contributed by atoms with van der Waals surface area (Å²) in [4.78, 5) is 37.3. The summed E-state index contributed by atoms with van der Waals surface area (Å²) < 4.78 is 1.48. The molecule has 4 heterocycles. The lowest BCUT2D eigenvalue weighted by Gasteiger charge is -2.35. The van der Waals surface area contributed by atoms with Crippen LogP contribution >= 0.6 is 11.6 Å². The van der Waals surface area contributed by atoms with E-state index in [0.29, 0.717) is 53.4 Å². The molecule has 10 nitrogen and oxygen atoms in total. The number of aromatic hydroxyl groups is 1. The molecule has 11 heteroatoms. The molecule has 2 aromatic heterocycles. The van der Waals surface area contributed by atoms with Gasteiger partial charge in [-0.05, 0) is 73.2 Å². The summed E-state index contributed by atoms with van der Waals surface area (Å²) in [5, 5.41) is 24.1. The number of aliphatic hydroxyl groups excluding tert-OH is 1. The summed E-state index contributed by atoms with van der Waals surface area (Å²) >= 11 is 6.64. The monoisotopic (exact) mass is 654 g/mol. The summed E-state index contributed by atoms with van der Waals surface area (Å²) in [6.07, 6.45) is 6.05. The number of carbonyl (C=O) groups is 1. The maximum Gasteiger partial charge on any atom is 0.274 e. The van der Waals surface area contributed by atoms with Gasteiger partial charge in [0.15, 0.2) is 0 Å². The molecule has 0 unspecified atom stereocenters. The third-order valence-corrected chi connectivity index (χ3v) is 10.3. The minimum atomic E-state index is -0.292. The van der Waals surface area contributed by atoms with Crippen molar-refractivity contribution in [2.45, 2.75) is 31.1 Å². The number of nitrogens with one attached hydrogen (secondary N) is 1. The smallest absolute Gasteiger partial charge is 0.274 e. The molecule has 47 heavy (non-hydrogen) atoms. The van der Waals surface area contributed by atoms with Gasteiger partial charge in [-0.15, -0.1) is 11.6 Å². The van der Waals surface area contributed by atoms with Crippen LogP contribution in [0, 0.1) is 6.92 Å². The second-order valence-electron chi connectivity index (χ2n) is 12.8. The molecule has 7 rings (SSSR count). The second-order valence-corrected chi connectivity index (χ2v) is 13.5. The van der Waals surface area contributed by atoms with Gasteiger partial charge in [-0.25, -0.2) is 4.98 Å². The molecular formula is C36H39ClN6O4. The first-order chi connectivity index (χ1) is 22.6. The van der Waals surface area contributed by atoms with Gasteiger partial charge in [-0.1, -0.05) is 18.2 Å². The number of hydrogen-bond acceptors (Lipinski definition) is 8. The van der Waals surface area contributed by atoms with Crippen LogP contribution in [-0.2, 0) is 18.3 Å². The van der Waals surface area contributed by atoms with Crippen LogP contribution in [0.1, 0.15) is 39.9 Å². The molecule has 3 aliphatic rings. The Labute approximate surface area is 278 Å². The van der Waals surface area contributed by atoms with E-state index >= 15 is 0 Å². The minimum Gasteiger partial charge on any atom is -0.505 e. The third-order valence-electron chi connectivity index (χ3n) is 9.68. The number of aromatic nitrogens is 2. The molecule has 0 spiro atoms. The van der Waals surface area contributed by atoms with Gasteiger partial charge in [0.1, 0.15) is 17.3 Å². The van der Waals surface area contributed by atoms with Gasteiger partial charge in [0.25, 0.3) is 11.5 Å². The molecule has 1 amide bonds. The Balaban J connectivity index is 1.14. The number of rotatable bonds is 8. The van der Waals surface area contributed by atoms with Crippen molar-refractivity contribution in [1.29, 1.82) is 0 Å². The Bertz CT molecular complexity index is 1900. The topological polar surface area (TPSA) is 114 Å². The van der Waals surface area contributed by atoms with Crippen LogP contribution in [0.25, 0.3) is 11.1 Å². The minimum absolute atomic E-state index is 0.0118. The van der Waals surface area contributed by atoms with Crippen molar-refractivity contribution in [3.8, 4) is 16.9 Å². The Kier molecular flexibility index (Phi) is 8.20. The normalized spacial score (nSPS) is 17.5. The third kappa shape index (κ3) is 5.97. The van der Waals surface area contributed by atoms with E-state index < -0.39 is 0 Å². The number of carbonyl (C=O) groups excluding carboxylic acids is 1. The standard InChI is InChI=1S/C36H39ClN6O4/c1-23-3-7-30(43-12-9-24-19-26(36(37)10-11-36)4-6-28(24)34(43)46)33(45)32(23)25-20-29(35(47)40(2)22-25)39-31-8-5-27(21-38-31)42-15-13-41(14-16-42)17-18-44/h3-8,19-22,44-45H,9-18H2,1-2H3,(H,38,39). The molecule has 2 fully saturated rings. The molecule has 2 aromatic carbocycles. The molecular weight excluding hydrogens is 616 g/mol.